The minimum atomic E-state index is -3.50. The Labute approximate surface area is 129 Å². The lowest BCUT2D eigenvalue weighted by Gasteiger charge is -2.22. The summed E-state index contributed by atoms with van der Waals surface area (Å²) in [4.78, 5) is 12.1. The quantitative estimate of drug-likeness (QED) is 0.737. The topological polar surface area (TPSA) is 87.3 Å². The van der Waals surface area contributed by atoms with Crippen molar-refractivity contribution in [3.63, 3.8) is 0 Å². The van der Waals surface area contributed by atoms with Crippen LogP contribution in [0, 0.1) is 0 Å². The van der Waals surface area contributed by atoms with Gasteiger partial charge in [0.25, 0.3) is 0 Å². The smallest absolute Gasteiger partial charge is 0.240 e. The zero-order valence-electron chi connectivity index (χ0n) is 11.8. The van der Waals surface area contributed by atoms with Crippen LogP contribution in [0.1, 0.15) is 6.42 Å². The van der Waals surface area contributed by atoms with Gasteiger partial charge in [-0.3, -0.25) is 4.79 Å². The number of anilines is 1. The van der Waals surface area contributed by atoms with Crippen LogP contribution in [0.3, 0.4) is 0 Å². The largest absolute Gasteiger partial charge is 0.326 e. The monoisotopic (exact) mass is 329 g/mol. The molecule has 1 fully saturated rings. The molecule has 1 amide bonds. The van der Waals surface area contributed by atoms with Gasteiger partial charge in [-0.05, 0) is 25.2 Å². The third-order valence-electron chi connectivity index (χ3n) is 3.13. The number of amides is 1. The summed E-state index contributed by atoms with van der Waals surface area (Å²) < 4.78 is 25.7. The molecule has 21 heavy (non-hydrogen) atoms. The Kier molecular flexibility index (Phi) is 5.63. The first-order valence-corrected chi connectivity index (χ1v) is 9.29. The molecular weight excluding hydrogens is 310 g/mol. The number of thioether (sulfide) groups is 1. The van der Waals surface area contributed by atoms with Crippen molar-refractivity contribution in [1.29, 1.82) is 0 Å². The van der Waals surface area contributed by atoms with Gasteiger partial charge in [0.05, 0.1) is 4.90 Å². The number of hydrogen-bond donors (Lipinski definition) is 3. The fraction of sp³-hybridized carbons (Fsp3) is 0.462. The molecule has 1 aliphatic heterocycles. The molecule has 1 atom stereocenters. The maximum absolute atomic E-state index is 12.0. The van der Waals surface area contributed by atoms with E-state index in [1.807, 2.05) is 11.8 Å². The fourth-order valence-electron chi connectivity index (χ4n) is 2.05. The molecule has 0 radical (unpaired) electrons. The summed E-state index contributed by atoms with van der Waals surface area (Å²) in [6.07, 6.45) is 0.385. The van der Waals surface area contributed by atoms with E-state index < -0.39 is 10.0 Å². The molecule has 1 aliphatic rings. The normalized spacial score (nSPS) is 19.2. The highest BCUT2D eigenvalue weighted by molar-refractivity contribution is 7.99. The maximum Gasteiger partial charge on any atom is 0.240 e. The van der Waals surface area contributed by atoms with Gasteiger partial charge in [0, 0.05) is 36.2 Å². The zero-order chi connectivity index (χ0) is 15.3. The molecule has 1 aromatic carbocycles. The fourth-order valence-corrected chi connectivity index (χ4v) is 3.77. The number of carbonyl (C=O) groups excluding carboxylic acids is 1. The Hall–Kier alpha value is -1.09. The first kappa shape index (κ1) is 16.3. The van der Waals surface area contributed by atoms with E-state index in [4.69, 9.17) is 0 Å². The molecular formula is C13H19N3O3S2. The van der Waals surface area contributed by atoms with Crippen LogP contribution in [-0.2, 0) is 14.8 Å². The molecule has 8 heteroatoms. The molecule has 1 saturated heterocycles. The molecule has 1 aromatic rings. The van der Waals surface area contributed by atoms with E-state index in [2.05, 4.69) is 15.4 Å². The van der Waals surface area contributed by atoms with Crippen LogP contribution in [0.25, 0.3) is 0 Å². The molecule has 0 aliphatic carbocycles. The number of hydrogen-bond acceptors (Lipinski definition) is 5. The number of benzene rings is 1. The third-order valence-corrected chi connectivity index (χ3v) is 5.67. The Balaban J connectivity index is 1.99. The van der Waals surface area contributed by atoms with Crippen LogP contribution in [-0.4, -0.2) is 45.5 Å². The van der Waals surface area contributed by atoms with Gasteiger partial charge in [0.15, 0.2) is 0 Å². The predicted octanol–water partition coefficient (Wildman–Crippen LogP) is 0.628. The lowest BCUT2D eigenvalue weighted by Crippen LogP contribution is -2.39. The van der Waals surface area contributed by atoms with Gasteiger partial charge < -0.3 is 10.6 Å². The van der Waals surface area contributed by atoms with E-state index in [-0.39, 0.29) is 16.8 Å². The van der Waals surface area contributed by atoms with Gasteiger partial charge >= 0.3 is 0 Å². The van der Waals surface area contributed by atoms with Crippen molar-refractivity contribution in [3.8, 4) is 0 Å². The van der Waals surface area contributed by atoms with Crippen molar-refractivity contribution in [2.75, 3.05) is 30.4 Å². The van der Waals surface area contributed by atoms with Crippen molar-refractivity contribution >= 4 is 33.4 Å². The van der Waals surface area contributed by atoms with Crippen LogP contribution in [0.5, 0.6) is 0 Å². The third kappa shape index (κ3) is 4.70. The highest BCUT2D eigenvalue weighted by Crippen LogP contribution is 2.16. The van der Waals surface area contributed by atoms with Gasteiger partial charge in [-0.1, -0.05) is 6.07 Å². The molecule has 0 bridgehead atoms. The summed E-state index contributed by atoms with van der Waals surface area (Å²) in [7, 11) is -2.15. The summed E-state index contributed by atoms with van der Waals surface area (Å²) in [5.74, 6) is 1.87. The van der Waals surface area contributed by atoms with Crippen molar-refractivity contribution < 1.29 is 13.2 Å². The lowest BCUT2D eigenvalue weighted by molar-refractivity contribution is -0.116. The van der Waals surface area contributed by atoms with Gasteiger partial charge in [-0.2, -0.15) is 11.8 Å². The SMILES string of the molecule is CNS(=O)(=O)c1cccc(NC(=O)CC2CSCCN2)c1. The summed E-state index contributed by atoms with van der Waals surface area (Å²) in [5.41, 5.74) is 0.486. The summed E-state index contributed by atoms with van der Waals surface area (Å²) in [5, 5.41) is 6.04. The van der Waals surface area contributed by atoms with Gasteiger partial charge in [-0.25, -0.2) is 13.1 Å². The van der Waals surface area contributed by atoms with E-state index in [1.165, 1.54) is 19.2 Å². The second kappa shape index (κ2) is 7.26. The summed E-state index contributed by atoms with van der Waals surface area (Å²) in [6.45, 7) is 0.915. The van der Waals surface area contributed by atoms with Crippen LogP contribution in [0.15, 0.2) is 29.2 Å². The molecule has 0 aromatic heterocycles. The van der Waals surface area contributed by atoms with Crippen LogP contribution in [0.2, 0.25) is 0 Å². The Morgan fingerprint density at radius 3 is 2.95 bits per heavy atom. The van der Waals surface area contributed by atoms with Crippen molar-refractivity contribution in [1.82, 2.24) is 10.0 Å². The highest BCUT2D eigenvalue weighted by atomic mass is 32.2. The van der Waals surface area contributed by atoms with Crippen molar-refractivity contribution in [3.05, 3.63) is 24.3 Å². The van der Waals surface area contributed by atoms with Crippen LogP contribution >= 0.6 is 11.8 Å². The zero-order valence-corrected chi connectivity index (χ0v) is 13.4. The average molecular weight is 329 g/mol. The maximum atomic E-state index is 12.0. The van der Waals surface area contributed by atoms with E-state index in [9.17, 15) is 13.2 Å². The lowest BCUT2D eigenvalue weighted by atomic mass is 10.2. The average Bonchev–Trinajstić information content (AvgIpc) is 2.48. The van der Waals surface area contributed by atoms with E-state index in [1.54, 1.807) is 12.1 Å². The van der Waals surface area contributed by atoms with Gasteiger partial charge in [-0.15, -0.1) is 0 Å². The molecule has 1 heterocycles. The predicted molar refractivity (Wildman–Crippen MR) is 85.0 cm³/mol. The highest BCUT2D eigenvalue weighted by Gasteiger charge is 2.17. The molecule has 1 unspecified atom stereocenters. The van der Waals surface area contributed by atoms with Gasteiger partial charge in [0.1, 0.15) is 0 Å². The molecule has 0 saturated carbocycles. The van der Waals surface area contributed by atoms with Crippen molar-refractivity contribution in [2.45, 2.75) is 17.4 Å². The molecule has 0 spiro atoms. The summed E-state index contributed by atoms with van der Waals surface area (Å²) >= 11 is 1.83. The second-order valence-corrected chi connectivity index (χ2v) is 7.75. The number of sulfonamides is 1. The number of carbonyl (C=O) groups is 1. The standard InChI is InChI=1S/C13H19N3O3S2/c1-14-21(18,19)12-4-2-3-10(7-12)16-13(17)8-11-9-20-6-5-15-11/h2-4,7,11,14-15H,5-6,8-9H2,1H3,(H,16,17). The molecule has 6 nitrogen and oxygen atoms in total. The molecule has 2 rings (SSSR count). The molecule has 116 valence electrons. The number of nitrogens with one attached hydrogen (secondary N) is 3. The Morgan fingerprint density at radius 1 is 1.48 bits per heavy atom. The van der Waals surface area contributed by atoms with Crippen LogP contribution < -0.4 is 15.4 Å². The number of rotatable bonds is 5. The Morgan fingerprint density at radius 2 is 2.29 bits per heavy atom. The first-order valence-electron chi connectivity index (χ1n) is 6.66. The van der Waals surface area contributed by atoms with E-state index in [0.717, 1.165) is 18.1 Å². The van der Waals surface area contributed by atoms with Crippen molar-refractivity contribution in [2.24, 2.45) is 0 Å². The second-order valence-electron chi connectivity index (χ2n) is 4.71. The molecule has 3 N–H and O–H groups in total. The van der Waals surface area contributed by atoms with Gasteiger partial charge in [0.2, 0.25) is 15.9 Å². The summed E-state index contributed by atoms with van der Waals surface area (Å²) in [6, 6.07) is 6.39. The van der Waals surface area contributed by atoms with E-state index in [0.29, 0.717) is 12.1 Å². The van der Waals surface area contributed by atoms with E-state index >= 15 is 0 Å². The Bertz CT molecular complexity index is 598. The first-order chi connectivity index (χ1) is 10.0. The van der Waals surface area contributed by atoms with Crippen LogP contribution in [0.4, 0.5) is 5.69 Å². The minimum absolute atomic E-state index is 0.117. The minimum Gasteiger partial charge on any atom is -0.326 e.